The van der Waals surface area contributed by atoms with E-state index in [2.05, 4.69) is 30.0 Å². The predicted molar refractivity (Wildman–Crippen MR) is 61.7 cm³/mol. The number of likely N-dealkylation sites (tertiary alicyclic amines) is 1. The summed E-state index contributed by atoms with van der Waals surface area (Å²) in [5, 5.41) is 9.22. The summed E-state index contributed by atoms with van der Waals surface area (Å²) in [5.41, 5.74) is 2.62. The Bertz CT molecular complexity index is 399. The van der Waals surface area contributed by atoms with E-state index < -0.39 is 0 Å². The van der Waals surface area contributed by atoms with Gasteiger partial charge in [0.15, 0.2) is 0 Å². The van der Waals surface area contributed by atoms with Crippen molar-refractivity contribution in [1.29, 1.82) is 0 Å². The van der Waals surface area contributed by atoms with Crippen molar-refractivity contribution in [3.63, 3.8) is 0 Å². The molecule has 3 nitrogen and oxygen atoms in total. The van der Waals surface area contributed by atoms with E-state index in [0.717, 1.165) is 31.8 Å². The molecule has 16 heavy (non-hydrogen) atoms. The van der Waals surface area contributed by atoms with Gasteiger partial charge in [0.25, 0.3) is 0 Å². The molecule has 1 atom stereocenters. The first-order valence-corrected chi connectivity index (χ1v) is 5.87. The Labute approximate surface area is 95.6 Å². The molecule has 1 aromatic rings. The summed E-state index contributed by atoms with van der Waals surface area (Å²) in [5.74, 6) is 1.04. The van der Waals surface area contributed by atoms with Crippen LogP contribution in [0.2, 0.25) is 0 Å². The number of fused-ring (bicyclic) bond motifs is 1. The molecule has 1 saturated heterocycles. The van der Waals surface area contributed by atoms with Crippen LogP contribution in [0.15, 0.2) is 18.2 Å². The van der Waals surface area contributed by atoms with Crippen LogP contribution >= 0.6 is 0 Å². The predicted octanol–water partition coefficient (Wildman–Crippen LogP) is 0.975. The average molecular weight is 219 g/mol. The van der Waals surface area contributed by atoms with Crippen molar-refractivity contribution < 1.29 is 9.84 Å². The molecule has 2 aliphatic rings. The van der Waals surface area contributed by atoms with Crippen molar-refractivity contribution in [3.8, 4) is 5.75 Å². The summed E-state index contributed by atoms with van der Waals surface area (Å²) in [7, 11) is 0. The zero-order valence-electron chi connectivity index (χ0n) is 9.52. The number of nitrogens with zero attached hydrogens (tertiary/aromatic N) is 1. The van der Waals surface area contributed by atoms with Gasteiger partial charge in [-0.2, -0.15) is 0 Å². The van der Waals surface area contributed by atoms with Gasteiger partial charge < -0.3 is 9.84 Å². The number of β-amino-alcohol motifs (C(OH)–C–C–N with tert-alkyl or cyclic N) is 1. The second-order valence-corrected chi connectivity index (χ2v) is 4.93. The molecule has 0 aliphatic carbocycles. The number of aliphatic hydroxyl groups excluding tert-OH is 1. The molecule has 2 aliphatic heterocycles. The van der Waals surface area contributed by atoms with Crippen LogP contribution in [0.5, 0.6) is 5.75 Å². The molecule has 0 bridgehead atoms. The van der Waals surface area contributed by atoms with Gasteiger partial charge in [-0.25, -0.2) is 0 Å². The summed E-state index contributed by atoms with van der Waals surface area (Å²) in [6, 6.07) is 6.37. The number of rotatable bonds is 2. The van der Waals surface area contributed by atoms with E-state index in [-0.39, 0.29) is 12.2 Å². The fourth-order valence-electron chi connectivity index (χ4n) is 2.53. The molecular weight excluding hydrogens is 202 g/mol. The molecule has 3 rings (SSSR count). The molecule has 0 radical (unpaired) electrons. The second-order valence-electron chi connectivity index (χ2n) is 4.93. The highest BCUT2D eigenvalue weighted by atomic mass is 16.5. The van der Waals surface area contributed by atoms with Crippen LogP contribution in [0.1, 0.15) is 11.1 Å². The highest BCUT2D eigenvalue weighted by Crippen LogP contribution is 2.30. The van der Waals surface area contributed by atoms with Crippen LogP contribution in [-0.4, -0.2) is 41.8 Å². The lowest BCUT2D eigenvalue weighted by atomic mass is 10.1. The molecule has 1 unspecified atom stereocenters. The summed E-state index contributed by atoms with van der Waals surface area (Å²) >= 11 is 0. The van der Waals surface area contributed by atoms with Gasteiger partial charge in [0.05, 0.1) is 6.10 Å². The van der Waals surface area contributed by atoms with Gasteiger partial charge in [-0.1, -0.05) is 17.7 Å². The lowest BCUT2D eigenvalue weighted by Gasteiger charge is -2.37. The van der Waals surface area contributed by atoms with E-state index in [1.165, 1.54) is 11.1 Å². The number of aliphatic hydroxyl groups is 1. The van der Waals surface area contributed by atoms with Crippen LogP contribution in [0.3, 0.4) is 0 Å². The standard InChI is InChI=1S/C13H17NO2/c1-9-2-3-13-10(4-9)5-12(16-13)8-14-6-11(15)7-14/h2-4,11-12,15H,5-8H2,1H3. The number of benzene rings is 1. The van der Waals surface area contributed by atoms with Crippen LogP contribution < -0.4 is 4.74 Å². The number of ether oxygens (including phenoxy) is 1. The molecule has 0 amide bonds. The molecule has 3 heteroatoms. The Morgan fingerprint density at radius 2 is 2.25 bits per heavy atom. The van der Waals surface area contributed by atoms with Crippen molar-refractivity contribution >= 4 is 0 Å². The first-order chi connectivity index (χ1) is 7.70. The van der Waals surface area contributed by atoms with Gasteiger partial charge in [0, 0.05) is 26.1 Å². The van der Waals surface area contributed by atoms with Crippen LogP contribution in [0.4, 0.5) is 0 Å². The fraction of sp³-hybridized carbons (Fsp3) is 0.538. The Balaban J connectivity index is 1.62. The van der Waals surface area contributed by atoms with Crippen LogP contribution in [-0.2, 0) is 6.42 Å². The molecule has 1 N–H and O–H groups in total. The van der Waals surface area contributed by atoms with Crippen molar-refractivity contribution in [2.45, 2.75) is 25.6 Å². The SMILES string of the molecule is Cc1ccc2c(c1)CC(CN1CC(O)C1)O2. The smallest absolute Gasteiger partial charge is 0.123 e. The van der Waals surface area contributed by atoms with Crippen molar-refractivity contribution in [3.05, 3.63) is 29.3 Å². The van der Waals surface area contributed by atoms with Crippen molar-refractivity contribution in [2.24, 2.45) is 0 Å². The summed E-state index contributed by atoms with van der Waals surface area (Å²) < 4.78 is 5.88. The number of hydrogen-bond acceptors (Lipinski definition) is 3. The fourth-order valence-corrected chi connectivity index (χ4v) is 2.53. The largest absolute Gasteiger partial charge is 0.488 e. The third-order valence-electron chi connectivity index (χ3n) is 3.36. The molecule has 0 saturated carbocycles. The van der Waals surface area contributed by atoms with Gasteiger partial charge in [-0.15, -0.1) is 0 Å². The van der Waals surface area contributed by atoms with Crippen molar-refractivity contribution in [2.75, 3.05) is 19.6 Å². The summed E-state index contributed by atoms with van der Waals surface area (Å²) in [4.78, 5) is 2.24. The maximum Gasteiger partial charge on any atom is 0.123 e. The first-order valence-electron chi connectivity index (χ1n) is 5.87. The van der Waals surface area contributed by atoms with E-state index in [1.807, 2.05) is 0 Å². The zero-order chi connectivity index (χ0) is 11.1. The Kier molecular flexibility index (Phi) is 2.37. The van der Waals surface area contributed by atoms with Crippen LogP contribution in [0, 0.1) is 6.92 Å². The lowest BCUT2D eigenvalue weighted by molar-refractivity contribution is -0.0146. The highest BCUT2D eigenvalue weighted by Gasteiger charge is 2.30. The van der Waals surface area contributed by atoms with Crippen LogP contribution in [0.25, 0.3) is 0 Å². The molecular formula is C13H17NO2. The Morgan fingerprint density at radius 3 is 3.00 bits per heavy atom. The lowest BCUT2D eigenvalue weighted by Crippen LogP contribution is -2.53. The maximum absolute atomic E-state index is 9.22. The molecule has 86 valence electrons. The van der Waals surface area contributed by atoms with Gasteiger partial charge in [-0.3, -0.25) is 4.90 Å². The molecule has 1 aromatic carbocycles. The molecule has 1 fully saturated rings. The second kappa shape index (κ2) is 3.75. The summed E-state index contributed by atoms with van der Waals surface area (Å²) in [6.07, 6.45) is 1.15. The van der Waals surface area contributed by atoms with Crippen molar-refractivity contribution in [1.82, 2.24) is 4.90 Å². The number of aryl methyl sites for hydroxylation is 1. The quantitative estimate of drug-likeness (QED) is 0.804. The third-order valence-corrected chi connectivity index (χ3v) is 3.36. The average Bonchev–Trinajstić information content (AvgIpc) is 2.57. The van der Waals surface area contributed by atoms with Gasteiger partial charge in [-0.05, 0) is 18.6 Å². The van der Waals surface area contributed by atoms with E-state index in [1.54, 1.807) is 0 Å². The number of hydrogen-bond donors (Lipinski definition) is 1. The molecule has 0 aromatic heterocycles. The van der Waals surface area contributed by atoms with Gasteiger partial charge in [0.1, 0.15) is 11.9 Å². The molecule has 2 heterocycles. The van der Waals surface area contributed by atoms with Gasteiger partial charge in [0.2, 0.25) is 0 Å². The zero-order valence-corrected chi connectivity index (χ0v) is 9.52. The minimum Gasteiger partial charge on any atom is -0.488 e. The molecule has 0 spiro atoms. The van der Waals surface area contributed by atoms with E-state index in [9.17, 15) is 5.11 Å². The minimum absolute atomic E-state index is 0.119. The Morgan fingerprint density at radius 1 is 1.44 bits per heavy atom. The van der Waals surface area contributed by atoms with Gasteiger partial charge >= 0.3 is 0 Å². The van der Waals surface area contributed by atoms with E-state index >= 15 is 0 Å². The van der Waals surface area contributed by atoms with E-state index in [4.69, 9.17) is 4.74 Å². The highest BCUT2D eigenvalue weighted by molar-refractivity contribution is 5.40. The Hall–Kier alpha value is -1.06. The topological polar surface area (TPSA) is 32.7 Å². The monoisotopic (exact) mass is 219 g/mol. The maximum atomic E-state index is 9.22. The minimum atomic E-state index is -0.119. The normalized spacial score (nSPS) is 25.0. The first kappa shape index (κ1) is 10.1. The third kappa shape index (κ3) is 1.81. The summed E-state index contributed by atoms with van der Waals surface area (Å²) in [6.45, 7) is 4.65. The van der Waals surface area contributed by atoms with E-state index in [0.29, 0.717) is 0 Å².